The van der Waals surface area contributed by atoms with Crippen molar-refractivity contribution in [2.45, 2.75) is 63.1 Å². The molecule has 0 aliphatic carbocycles. The van der Waals surface area contributed by atoms with Crippen LogP contribution in [0.4, 0.5) is 4.79 Å². The molecule has 1 heterocycles. The van der Waals surface area contributed by atoms with E-state index in [1.165, 1.54) is 4.31 Å². The second-order valence-corrected chi connectivity index (χ2v) is 11.4. The van der Waals surface area contributed by atoms with Gasteiger partial charge in [-0.3, -0.25) is 4.79 Å². The van der Waals surface area contributed by atoms with Crippen LogP contribution in [0.2, 0.25) is 0 Å². The molecule has 1 aromatic carbocycles. The van der Waals surface area contributed by atoms with Gasteiger partial charge in [-0.1, -0.05) is 12.1 Å². The standard InChI is InChI=1S/C21H33N3O5S2/c1-21(2,3)29-20(26)23-18(11-14-30-4)19(25)22-15-16-7-9-17(10-8-16)31(27,28)24-12-5-6-13-24/h7-10,18H,5-6,11-15H2,1-4H3,(H,22,25)(H,23,26). The molecule has 1 unspecified atom stereocenters. The van der Waals surface area contributed by atoms with E-state index in [-0.39, 0.29) is 17.3 Å². The van der Waals surface area contributed by atoms with Crippen molar-refractivity contribution >= 4 is 33.8 Å². The number of carbonyl (C=O) groups excluding carboxylic acids is 2. The molecule has 10 heteroatoms. The van der Waals surface area contributed by atoms with E-state index in [9.17, 15) is 18.0 Å². The zero-order valence-electron chi connectivity index (χ0n) is 18.6. The molecule has 0 aromatic heterocycles. The molecule has 31 heavy (non-hydrogen) atoms. The topological polar surface area (TPSA) is 105 Å². The highest BCUT2D eigenvalue weighted by molar-refractivity contribution is 7.98. The van der Waals surface area contributed by atoms with Crippen LogP contribution in [0.5, 0.6) is 0 Å². The predicted octanol–water partition coefficient (Wildman–Crippen LogP) is 2.73. The average Bonchev–Trinajstić information content (AvgIpc) is 3.24. The summed E-state index contributed by atoms with van der Waals surface area (Å²) in [6.07, 6.45) is 3.54. The summed E-state index contributed by atoms with van der Waals surface area (Å²) in [5.74, 6) is 0.394. The fourth-order valence-electron chi connectivity index (χ4n) is 3.12. The van der Waals surface area contributed by atoms with Gasteiger partial charge in [0.1, 0.15) is 11.6 Å². The van der Waals surface area contributed by atoms with Gasteiger partial charge in [0.2, 0.25) is 15.9 Å². The summed E-state index contributed by atoms with van der Waals surface area (Å²) in [6, 6.07) is 5.82. The lowest BCUT2D eigenvalue weighted by molar-refractivity contribution is -0.123. The Hall–Kier alpha value is -1.78. The first-order valence-electron chi connectivity index (χ1n) is 10.4. The minimum atomic E-state index is -3.46. The fourth-order valence-corrected chi connectivity index (χ4v) is 5.11. The summed E-state index contributed by atoms with van der Waals surface area (Å²) in [5.41, 5.74) is 0.122. The highest BCUT2D eigenvalue weighted by Crippen LogP contribution is 2.21. The van der Waals surface area contributed by atoms with E-state index in [0.717, 1.165) is 18.4 Å². The number of hydrogen-bond acceptors (Lipinski definition) is 6. The van der Waals surface area contributed by atoms with E-state index in [2.05, 4.69) is 10.6 Å². The molecule has 0 bridgehead atoms. The van der Waals surface area contributed by atoms with Crippen molar-refractivity contribution in [3.8, 4) is 0 Å². The third-order valence-corrected chi connectivity index (χ3v) is 7.27. The molecule has 174 valence electrons. The monoisotopic (exact) mass is 471 g/mol. The third-order valence-electron chi connectivity index (χ3n) is 4.71. The Balaban J connectivity index is 1.95. The van der Waals surface area contributed by atoms with E-state index in [4.69, 9.17) is 4.74 Å². The highest BCUT2D eigenvalue weighted by Gasteiger charge is 2.27. The quantitative estimate of drug-likeness (QED) is 0.574. The fraction of sp³-hybridized carbons (Fsp3) is 0.619. The van der Waals surface area contributed by atoms with Crippen molar-refractivity contribution in [3.05, 3.63) is 29.8 Å². The maximum absolute atomic E-state index is 12.6. The summed E-state index contributed by atoms with van der Waals surface area (Å²) in [4.78, 5) is 25.0. The molecule has 1 aliphatic rings. The molecule has 0 radical (unpaired) electrons. The van der Waals surface area contributed by atoms with Crippen molar-refractivity contribution in [2.75, 3.05) is 25.1 Å². The van der Waals surface area contributed by atoms with Crippen LogP contribution in [-0.2, 0) is 26.1 Å². The van der Waals surface area contributed by atoms with E-state index in [0.29, 0.717) is 25.3 Å². The summed E-state index contributed by atoms with van der Waals surface area (Å²) < 4.78 is 32.0. The van der Waals surface area contributed by atoms with Gasteiger partial charge < -0.3 is 15.4 Å². The number of amides is 2. The number of nitrogens with zero attached hydrogens (tertiary/aromatic N) is 1. The number of ether oxygens (including phenoxy) is 1. The molecular formula is C21H33N3O5S2. The second kappa shape index (κ2) is 11.2. The Kier molecular flexibility index (Phi) is 9.20. The second-order valence-electron chi connectivity index (χ2n) is 8.45. The number of benzene rings is 1. The van der Waals surface area contributed by atoms with Crippen LogP contribution in [0, 0.1) is 0 Å². The van der Waals surface area contributed by atoms with Crippen LogP contribution in [0.3, 0.4) is 0 Å². The maximum Gasteiger partial charge on any atom is 0.408 e. The Labute approximate surface area is 189 Å². The SMILES string of the molecule is CSCCC(NC(=O)OC(C)(C)C)C(=O)NCc1ccc(S(=O)(=O)N2CCCC2)cc1. The number of carbonyl (C=O) groups is 2. The van der Waals surface area contributed by atoms with Crippen molar-refractivity contribution < 1.29 is 22.7 Å². The molecule has 1 aromatic rings. The molecule has 1 saturated heterocycles. The molecule has 2 rings (SSSR count). The molecule has 2 amide bonds. The molecule has 2 N–H and O–H groups in total. The first kappa shape index (κ1) is 25.5. The lowest BCUT2D eigenvalue weighted by atomic mass is 10.2. The molecular weight excluding hydrogens is 438 g/mol. The van der Waals surface area contributed by atoms with Crippen LogP contribution in [0.15, 0.2) is 29.2 Å². The number of nitrogens with one attached hydrogen (secondary N) is 2. The van der Waals surface area contributed by atoms with Crippen LogP contribution in [0.1, 0.15) is 45.6 Å². The van der Waals surface area contributed by atoms with Gasteiger partial charge in [0.15, 0.2) is 0 Å². The van der Waals surface area contributed by atoms with Crippen molar-refractivity contribution in [1.82, 2.24) is 14.9 Å². The Morgan fingerprint density at radius 2 is 1.77 bits per heavy atom. The van der Waals surface area contributed by atoms with E-state index < -0.39 is 27.8 Å². The van der Waals surface area contributed by atoms with Gasteiger partial charge in [-0.2, -0.15) is 16.1 Å². The number of hydrogen-bond donors (Lipinski definition) is 2. The number of thioether (sulfide) groups is 1. The van der Waals surface area contributed by atoms with Crippen LogP contribution < -0.4 is 10.6 Å². The van der Waals surface area contributed by atoms with Crippen LogP contribution in [-0.4, -0.2) is 61.5 Å². The van der Waals surface area contributed by atoms with Crippen molar-refractivity contribution in [3.63, 3.8) is 0 Å². The van der Waals surface area contributed by atoms with E-state index >= 15 is 0 Å². The zero-order valence-corrected chi connectivity index (χ0v) is 20.3. The smallest absolute Gasteiger partial charge is 0.408 e. The molecule has 8 nitrogen and oxygen atoms in total. The molecule has 1 aliphatic heterocycles. The average molecular weight is 472 g/mol. The zero-order chi connectivity index (χ0) is 23.1. The highest BCUT2D eigenvalue weighted by atomic mass is 32.2. The van der Waals surface area contributed by atoms with Crippen molar-refractivity contribution in [2.24, 2.45) is 0 Å². The van der Waals surface area contributed by atoms with Gasteiger partial charge >= 0.3 is 6.09 Å². The Bertz CT molecular complexity index is 845. The predicted molar refractivity (Wildman–Crippen MR) is 122 cm³/mol. The van der Waals surface area contributed by atoms with Crippen molar-refractivity contribution in [1.29, 1.82) is 0 Å². The van der Waals surface area contributed by atoms with Gasteiger partial charge in [-0.25, -0.2) is 13.2 Å². The lowest BCUT2D eigenvalue weighted by Crippen LogP contribution is -2.48. The Morgan fingerprint density at radius 1 is 1.16 bits per heavy atom. The molecule has 0 spiro atoms. The van der Waals surface area contributed by atoms with Crippen LogP contribution in [0.25, 0.3) is 0 Å². The molecule has 0 saturated carbocycles. The summed E-state index contributed by atoms with van der Waals surface area (Å²) in [5, 5.41) is 5.44. The van der Waals surface area contributed by atoms with Gasteiger partial charge in [-0.05, 0) is 69.7 Å². The van der Waals surface area contributed by atoms with Crippen LogP contribution >= 0.6 is 11.8 Å². The van der Waals surface area contributed by atoms with Gasteiger partial charge in [0.25, 0.3) is 0 Å². The largest absolute Gasteiger partial charge is 0.444 e. The summed E-state index contributed by atoms with van der Waals surface area (Å²) in [7, 11) is -3.46. The van der Waals surface area contributed by atoms with E-state index in [1.807, 2.05) is 6.26 Å². The number of sulfonamides is 1. The Morgan fingerprint density at radius 3 is 2.32 bits per heavy atom. The first-order valence-corrected chi connectivity index (χ1v) is 13.2. The first-order chi connectivity index (χ1) is 14.5. The molecule has 1 atom stereocenters. The van der Waals surface area contributed by atoms with Gasteiger partial charge in [0.05, 0.1) is 4.90 Å². The lowest BCUT2D eigenvalue weighted by Gasteiger charge is -2.23. The maximum atomic E-state index is 12.6. The number of rotatable bonds is 9. The van der Waals surface area contributed by atoms with Gasteiger partial charge in [-0.15, -0.1) is 0 Å². The van der Waals surface area contributed by atoms with Gasteiger partial charge in [0, 0.05) is 19.6 Å². The number of alkyl carbamates (subject to hydrolysis) is 1. The third kappa shape index (κ3) is 8.01. The molecule has 1 fully saturated rings. The van der Waals surface area contributed by atoms with E-state index in [1.54, 1.807) is 56.8 Å². The summed E-state index contributed by atoms with van der Waals surface area (Å²) in [6.45, 7) is 6.63. The minimum absolute atomic E-state index is 0.231. The normalized spacial score (nSPS) is 16.0. The summed E-state index contributed by atoms with van der Waals surface area (Å²) >= 11 is 1.58. The minimum Gasteiger partial charge on any atom is -0.444 e.